The first-order valence-electron chi connectivity index (χ1n) is 11.2. The van der Waals surface area contributed by atoms with Gasteiger partial charge in [0.15, 0.2) is 0 Å². The Morgan fingerprint density at radius 3 is 2.51 bits per heavy atom. The number of benzene rings is 2. The molecular formula is C27H27N3O5. The number of para-hydroxylation sites is 2. The van der Waals surface area contributed by atoms with E-state index in [0.29, 0.717) is 22.8 Å². The van der Waals surface area contributed by atoms with Crippen molar-refractivity contribution in [2.45, 2.75) is 12.8 Å². The molecule has 2 aromatic rings. The highest BCUT2D eigenvalue weighted by molar-refractivity contribution is 5.73. The van der Waals surface area contributed by atoms with Gasteiger partial charge in [0.05, 0.1) is 39.8 Å². The first-order valence-corrected chi connectivity index (χ1v) is 11.2. The summed E-state index contributed by atoms with van der Waals surface area (Å²) in [6.07, 6.45) is 1.45. The number of ether oxygens (including phenoxy) is 4. The zero-order valence-electron chi connectivity index (χ0n) is 19.9. The van der Waals surface area contributed by atoms with Crippen LogP contribution in [0.1, 0.15) is 24.0 Å². The van der Waals surface area contributed by atoms with E-state index in [1.54, 1.807) is 26.0 Å². The Hall–Kier alpha value is -4.38. The monoisotopic (exact) mass is 473 g/mol. The Kier molecular flexibility index (Phi) is 6.97. The van der Waals surface area contributed by atoms with Gasteiger partial charge < -0.3 is 24.7 Å². The second-order valence-corrected chi connectivity index (χ2v) is 7.99. The van der Waals surface area contributed by atoms with Crippen molar-refractivity contribution < 1.29 is 23.7 Å². The predicted octanol–water partition coefficient (Wildman–Crippen LogP) is 4.32. The highest BCUT2D eigenvalue weighted by Crippen LogP contribution is 2.46. The summed E-state index contributed by atoms with van der Waals surface area (Å²) in [7, 11) is 3.17. The molecule has 2 aromatic carbocycles. The molecule has 35 heavy (non-hydrogen) atoms. The van der Waals surface area contributed by atoms with Crippen molar-refractivity contribution in [3.8, 4) is 17.6 Å². The summed E-state index contributed by atoms with van der Waals surface area (Å²) in [5.74, 6) is 1.28. The van der Waals surface area contributed by atoms with Crippen molar-refractivity contribution in [1.29, 1.82) is 5.26 Å². The predicted molar refractivity (Wildman–Crippen MR) is 130 cm³/mol. The number of nitrogens with zero attached hydrogens (tertiary/aromatic N) is 2. The van der Waals surface area contributed by atoms with Crippen LogP contribution in [0, 0.1) is 11.3 Å². The van der Waals surface area contributed by atoms with Crippen LogP contribution in [0.5, 0.6) is 11.5 Å². The topological polar surface area (TPSA) is 107 Å². The summed E-state index contributed by atoms with van der Waals surface area (Å²) in [5, 5.41) is 10.0. The number of methoxy groups -OCH3 is 2. The third-order valence-electron chi connectivity index (χ3n) is 5.99. The van der Waals surface area contributed by atoms with Crippen LogP contribution in [-0.2, 0) is 9.47 Å². The van der Waals surface area contributed by atoms with Gasteiger partial charge in [-0.25, -0.2) is 4.79 Å². The summed E-state index contributed by atoms with van der Waals surface area (Å²) >= 11 is 0. The van der Waals surface area contributed by atoms with Crippen LogP contribution >= 0.6 is 0 Å². The molecule has 2 heterocycles. The zero-order chi connectivity index (χ0) is 24.9. The van der Waals surface area contributed by atoms with Crippen LogP contribution in [0.25, 0.3) is 6.08 Å². The Labute approximate surface area is 204 Å². The second kappa shape index (κ2) is 10.3. The molecule has 8 heteroatoms. The molecule has 0 spiro atoms. The number of carbonyl (C=O) groups excluding carboxylic acids is 1. The smallest absolute Gasteiger partial charge is 0.410 e. The van der Waals surface area contributed by atoms with Gasteiger partial charge in [-0.2, -0.15) is 5.26 Å². The van der Waals surface area contributed by atoms with Crippen molar-refractivity contribution in [2.75, 3.05) is 33.9 Å². The normalized spacial score (nSPS) is 18.5. The number of hydrogen-bond acceptors (Lipinski definition) is 7. The molecule has 180 valence electrons. The van der Waals surface area contributed by atoms with Crippen LogP contribution in [0.15, 0.2) is 76.9 Å². The molecule has 0 saturated carbocycles. The fraction of sp³-hybridized carbons (Fsp3) is 0.259. The fourth-order valence-corrected chi connectivity index (χ4v) is 4.45. The van der Waals surface area contributed by atoms with Gasteiger partial charge in [-0.1, -0.05) is 36.4 Å². The molecule has 0 fully saturated rings. The first kappa shape index (κ1) is 23.8. The minimum absolute atomic E-state index is 0.0256. The third kappa shape index (κ3) is 4.53. The van der Waals surface area contributed by atoms with Gasteiger partial charge in [-0.15, -0.1) is 0 Å². The van der Waals surface area contributed by atoms with Crippen molar-refractivity contribution in [2.24, 2.45) is 5.73 Å². The molecule has 4 rings (SSSR count). The van der Waals surface area contributed by atoms with E-state index in [-0.39, 0.29) is 31.2 Å². The van der Waals surface area contributed by atoms with E-state index in [9.17, 15) is 10.1 Å². The van der Waals surface area contributed by atoms with Crippen LogP contribution in [0.3, 0.4) is 0 Å². The number of nitrogens with two attached hydrogens (primary N) is 1. The number of amides is 1. The second-order valence-electron chi connectivity index (χ2n) is 7.99. The summed E-state index contributed by atoms with van der Waals surface area (Å²) in [6, 6.07) is 17.2. The number of carbonyl (C=O) groups is 1. The molecular weight excluding hydrogens is 446 g/mol. The lowest BCUT2D eigenvalue weighted by Crippen LogP contribution is -2.41. The van der Waals surface area contributed by atoms with E-state index in [4.69, 9.17) is 24.7 Å². The van der Waals surface area contributed by atoms with Crippen molar-refractivity contribution in [1.82, 2.24) is 4.90 Å². The van der Waals surface area contributed by atoms with Gasteiger partial charge >= 0.3 is 6.09 Å². The van der Waals surface area contributed by atoms with Crippen molar-refractivity contribution in [3.63, 3.8) is 0 Å². The molecule has 0 saturated heterocycles. The number of rotatable bonds is 5. The largest absolute Gasteiger partial charge is 0.496 e. The zero-order valence-corrected chi connectivity index (χ0v) is 19.9. The SMILES string of the molecule is CCOC(=O)N1CC2=C(OC(N)=C(C#N)C2c2ccccc2OC)/C(=C/c2ccccc2OC)C1. The van der Waals surface area contributed by atoms with Gasteiger partial charge in [0, 0.05) is 22.3 Å². The third-order valence-corrected chi connectivity index (χ3v) is 5.99. The highest BCUT2D eigenvalue weighted by Gasteiger charge is 2.40. The van der Waals surface area contributed by atoms with Gasteiger partial charge in [0.25, 0.3) is 0 Å². The summed E-state index contributed by atoms with van der Waals surface area (Å²) in [6.45, 7) is 2.45. The molecule has 0 bridgehead atoms. The van der Waals surface area contributed by atoms with E-state index in [1.165, 1.54) is 0 Å². The van der Waals surface area contributed by atoms with Gasteiger partial charge in [-0.3, -0.25) is 4.90 Å². The molecule has 2 aliphatic rings. The maximum absolute atomic E-state index is 12.8. The first-order chi connectivity index (χ1) is 17.0. The van der Waals surface area contributed by atoms with Crippen LogP contribution in [0.2, 0.25) is 0 Å². The van der Waals surface area contributed by atoms with E-state index in [0.717, 1.165) is 16.7 Å². The maximum atomic E-state index is 12.8. The number of hydrogen-bond donors (Lipinski definition) is 1. The Bertz CT molecular complexity index is 1270. The lowest BCUT2D eigenvalue weighted by molar-refractivity contribution is 0.109. The summed E-state index contributed by atoms with van der Waals surface area (Å²) < 4.78 is 22.5. The number of nitriles is 1. The Morgan fingerprint density at radius 2 is 1.83 bits per heavy atom. The van der Waals surface area contributed by atoms with Crippen LogP contribution in [0.4, 0.5) is 4.79 Å². The van der Waals surface area contributed by atoms with Gasteiger partial charge in [-0.05, 0) is 25.1 Å². The molecule has 8 nitrogen and oxygen atoms in total. The number of allylic oxidation sites excluding steroid dienone is 1. The lowest BCUT2D eigenvalue weighted by Gasteiger charge is -2.38. The van der Waals surface area contributed by atoms with Crippen LogP contribution < -0.4 is 15.2 Å². The maximum Gasteiger partial charge on any atom is 0.410 e. The van der Waals surface area contributed by atoms with E-state index in [2.05, 4.69) is 6.07 Å². The quantitative estimate of drug-likeness (QED) is 0.689. The van der Waals surface area contributed by atoms with E-state index < -0.39 is 12.0 Å². The average molecular weight is 474 g/mol. The molecule has 2 aliphatic heterocycles. The van der Waals surface area contributed by atoms with E-state index >= 15 is 0 Å². The Balaban J connectivity index is 1.93. The van der Waals surface area contributed by atoms with Gasteiger partial charge in [0.1, 0.15) is 28.9 Å². The molecule has 1 atom stereocenters. The minimum Gasteiger partial charge on any atom is -0.496 e. The highest BCUT2D eigenvalue weighted by atomic mass is 16.6. The molecule has 1 amide bonds. The molecule has 1 unspecified atom stereocenters. The molecule has 0 radical (unpaired) electrons. The van der Waals surface area contributed by atoms with Gasteiger partial charge in [0.2, 0.25) is 5.88 Å². The van der Waals surface area contributed by atoms with E-state index in [1.807, 2.05) is 54.6 Å². The molecule has 0 aromatic heterocycles. The minimum atomic E-state index is -0.557. The van der Waals surface area contributed by atoms with Crippen LogP contribution in [-0.4, -0.2) is 44.9 Å². The Morgan fingerprint density at radius 1 is 1.14 bits per heavy atom. The fourth-order valence-electron chi connectivity index (χ4n) is 4.45. The molecule has 2 N–H and O–H groups in total. The molecule has 0 aliphatic carbocycles. The summed E-state index contributed by atoms with van der Waals surface area (Å²) in [5.41, 5.74) is 9.54. The average Bonchev–Trinajstić information content (AvgIpc) is 2.88. The van der Waals surface area contributed by atoms with Crippen molar-refractivity contribution in [3.05, 3.63) is 88.0 Å². The lowest BCUT2D eigenvalue weighted by atomic mass is 9.80. The standard InChI is InChI=1S/C27H27N3O5/c1-4-34-27(31)30-15-18(13-17-9-5-7-11-22(17)32-2)25-21(16-30)24(20(14-28)26(29)35-25)19-10-6-8-12-23(19)33-3/h5-13,24H,4,15-16,29H2,1-3H3/b18-13+. The summed E-state index contributed by atoms with van der Waals surface area (Å²) in [4.78, 5) is 14.4. The van der Waals surface area contributed by atoms with Crippen molar-refractivity contribution >= 4 is 12.2 Å².